The van der Waals surface area contributed by atoms with E-state index in [1.165, 1.54) is 16.6 Å². The van der Waals surface area contributed by atoms with E-state index in [2.05, 4.69) is 20.9 Å². The molecule has 0 radical (unpaired) electrons. The number of nitrogens with zero attached hydrogens (tertiary/aromatic N) is 2. The van der Waals surface area contributed by atoms with Crippen LogP contribution in [-0.4, -0.2) is 42.3 Å². The van der Waals surface area contributed by atoms with Crippen LogP contribution in [0.25, 0.3) is 0 Å². The number of hydrogen-bond donors (Lipinski definition) is 0. The highest BCUT2D eigenvalue weighted by molar-refractivity contribution is 9.10. The standard InChI is InChI=1S/C9H10BrClN2O2S2/c10-7-5-8(9(11)12-6-7)17(14,15)13-1-3-16-4-2-13/h5-6H,1-4H2. The number of aromatic nitrogens is 1. The second-order valence-electron chi connectivity index (χ2n) is 3.46. The van der Waals surface area contributed by atoms with E-state index in [0.717, 1.165) is 11.5 Å². The molecular formula is C9H10BrClN2O2S2. The van der Waals surface area contributed by atoms with Crippen molar-refractivity contribution in [3.8, 4) is 0 Å². The molecule has 1 aromatic heterocycles. The molecule has 0 unspecified atom stereocenters. The fourth-order valence-electron chi connectivity index (χ4n) is 1.51. The zero-order valence-corrected chi connectivity index (χ0v) is 12.7. The van der Waals surface area contributed by atoms with E-state index in [0.29, 0.717) is 17.6 Å². The van der Waals surface area contributed by atoms with Crippen molar-refractivity contribution >= 4 is 49.3 Å². The second kappa shape index (κ2) is 5.44. The molecular weight excluding hydrogens is 348 g/mol. The quantitative estimate of drug-likeness (QED) is 0.762. The number of rotatable bonds is 2. The fourth-order valence-corrected chi connectivity index (χ4v) is 5.01. The third-order valence-electron chi connectivity index (χ3n) is 2.36. The summed E-state index contributed by atoms with van der Waals surface area (Å²) in [4.78, 5) is 3.92. The Bertz CT molecular complexity index is 518. The highest BCUT2D eigenvalue weighted by atomic mass is 79.9. The first-order valence-electron chi connectivity index (χ1n) is 4.91. The van der Waals surface area contributed by atoms with Crippen molar-refractivity contribution in [3.63, 3.8) is 0 Å². The van der Waals surface area contributed by atoms with Gasteiger partial charge in [0.15, 0.2) is 0 Å². The number of pyridine rings is 1. The summed E-state index contributed by atoms with van der Waals surface area (Å²) >= 11 is 10.8. The molecule has 94 valence electrons. The Kier molecular flexibility index (Phi) is 4.35. The summed E-state index contributed by atoms with van der Waals surface area (Å²) in [7, 11) is -3.52. The topological polar surface area (TPSA) is 50.3 Å². The monoisotopic (exact) mass is 356 g/mol. The van der Waals surface area contributed by atoms with E-state index in [4.69, 9.17) is 11.6 Å². The van der Waals surface area contributed by atoms with Crippen LogP contribution in [0.5, 0.6) is 0 Å². The number of sulfonamides is 1. The van der Waals surface area contributed by atoms with E-state index in [1.807, 2.05) is 0 Å². The average Bonchev–Trinajstić information content (AvgIpc) is 2.33. The molecule has 2 rings (SSSR count). The first-order chi connectivity index (χ1) is 8.01. The summed E-state index contributed by atoms with van der Waals surface area (Å²) in [6.07, 6.45) is 1.48. The molecule has 0 amide bonds. The Morgan fingerprint density at radius 2 is 2.06 bits per heavy atom. The van der Waals surface area contributed by atoms with Gasteiger partial charge >= 0.3 is 0 Å². The molecule has 0 spiro atoms. The third kappa shape index (κ3) is 2.96. The summed E-state index contributed by atoms with van der Waals surface area (Å²) < 4.78 is 26.7. The molecule has 1 aliphatic heterocycles. The minimum absolute atomic E-state index is 0.0198. The molecule has 0 saturated carbocycles. The van der Waals surface area contributed by atoms with E-state index < -0.39 is 10.0 Å². The van der Waals surface area contributed by atoms with Crippen LogP contribution in [0.3, 0.4) is 0 Å². The molecule has 0 atom stereocenters. The molecule has 17 heavy (non-hydrogen) atoms. The average molecular weight is 358 g/mol. The van der Waals surface area contributed by atoms with Gasteiger partial charge in [0.1, 0.15) is 10.0 Å². The SMILES string of the molecule is O=S(=O)(c1cc(Br)cnc1Cl)N1CCSCC1. The van der Waals surface area contributed by atoms with Crippen molar-refractivity contribution in [2.45, 2.75) is 4.90 Å². The molecule has 1 saturated heterocycles. The number of thioether (sulfide) groups is 1. The van der Waals surface area contributed by atoms with Crippen LogP contribution in [0.2, 0.25) is 5.15 Å². The summed E-state index contributed by atoms with van der Waals surface area (Å²) in [5.74, 6) is 1.64. The maximum absolute atomic E-state index is 12.3. The van der Waals surface area contributed by atoms with Gasteiger partial charge in [0.05, 0.1) is 0 Å². The highest BCUT2D eigenvalue weighted by Crippen LogP contribution is 2.27. The third-order valence-corrected chi connectivity index (χ3v) is 6.06. The Balaban J connectivity index is 2.40. The number of halogens is 2. The van der Waals surface area contributed by atoms with Crippen molar-refractivity contribution in [2.24, 2.45) is 0 Å². The van der Waals surface area contributed by atoms with E-state index in [9.17, 15) is 8.42 Å². The zero-order chi connectivity index (χ0) is 12.5. The lowest BCUT2D eigenvalue weighted by atomic mass is 10.5. The van der Waals surface area contributed by atoms with Crippen LogP contribution >= 0.6 is 39.3 Å². The van der Waals surface area contributed by atoms with Crippen LogP contribution in [0.15, 0.2) is 21.6 Å². The zero-order valence-electron chi connectivity index (χ0n) is 8.77. The summed E-state index contributed by atoms with van der Waals surface area (Å²) in [5.41, 5.74) is 0. The minimum Gasteiger partial charge on any atom is -0.242 e. The Morgan fingerprint density at radius 3 is 2.71 bits per heavy atom. The van der Waals surface area contributed by atoms with Gasteiger partial charge in [-0.05, 0) is 22.0 Å². The van der Waals surface area contributed by atoms with Gasteiger partial charge in [-0.1, -0.05) is 11.6 Å². The first-order valence-corrected chi connectivity index (χ1v) is 8.67. The van der Waals surface area contributed by atoms with Crippen LogP contribution in [0, 0.1) is 0 Å². The van der Waals surface area contributed by atoms with E-state index in [-0.39, 0.29) is 10.0 Å². The normalized spacial score (nSPS) is 18.2. The molecule has 0 N–H and O–H groups in total. The van der Waals surface area contributed by atoms with Crippen molar-refractivity contribution in [2.75, 3.05) is 24.6 Å². The van der Waals surface area contributed by atoms with Gasteiger partial charge in [0.2, 0.25) is 10.0 Å². The van der Waals surface area contributed by atoms with E-state index >= 15 is 0 Å². The largest absolute Gasteiger partial charge is 0.246 e. The van der Waals surface area contributed by atoms with E-state index in [1.54, 1.807) is 11.8 Å². The first kappa shape index (κ1) is 13.6. The van der Waals surface area contributed by atoms with Crippen LogP contribution < -0.4 is 0 Å². The Morgan fingerprint density at radius 1 is 1.41 bits per heavy atom. The number of hydrogen-bond acceptors (Lipinski definition) is 4. The lowest BCUT2D eigenvalue weighted by Gasteiger charge is -2.25. The summed E-state index contributed by atoms with van der Waals surface area (Å²) in [5, 5.41) is 0.0198. The molecule has 1 aliphatic rings. The van der Waals surface area contributed by atoms with Gasteiger partial charge in [0, 0.05) is 35.3 Å². The Labute approximate surface area is 118 Å². The van der Waals surface area contributed by atoms with Gasteiger partial charge in [-0.15, -0.1) is 0 Å². The van der Waals surface area contributed by atoms with Gasteiger partial charge in [-0.2, -0.15) is 16.1 Å². The smallest absolute Gasteiger partial charge is 0.242 e. The van der Waals surface area contributed by atoms with Crippen molar-refractivity contribution < 1.29 is 8.42 Å². The van der Waals surface area contributed by atoms with Crippen LogP contribution in [-0.2, 0) is 10.0 Å². The maximum Gasteiger partial charge on any atom is 0.246 e. The molecule has 0 aliphatic carbocycles. The van der Waals surface area contributed by atoms with Crippen LogP contribution in [0.4, 0.5) is 0 Å². The van der Waals surface area contributed by atoms with Gasteiger partial charge in [-0.3, -0.25) is 0 Å². The fraction of sp³-hybridized carbons (Fsp3) is 0.444. The lowest BCUT2D eigenvalue weighted by molar-refractivity contribution is 0.443. The maximum atomic E-state index is 12.3. The minimum atomic E-state index is -3.52. The summed E-state index contributed by atoms with van der Waals surface area (Å²) in [6, 6.07) is 1.49. The molecule has 2 heterocycles. The van der Waals surface area contributed by atoms with Gasteiger partial charge in [-0.25, -0.2) is 13.4 Å². The molecule has 1 aromatic rings. The molecule has 0 bridgehead atoms. The molecule has 0 aromatic carbocycles. The summed E-state index contributed by atoms with van der Waals surface area (Å²) in [6.45, 7) is 1.05. The van der Waals surface area contributed by atoms with Crippen LogP contribution in [0.1, 0.15) is 0 Å². The van der Waals surface area contributed by atoms with Crippen molar-refractivity contribution in [1.29, 1.82) is 0 Å². The lowest BCUT2D eigenvalue weighted by Crippen LogP contribution is -2.38. The predicted octanol–water partition coefficient (Wildman–Crippen LogP) is 2.24. The molecule has 4 nitrogen and oxygen atoms in total. The highest BCUT2D eigenvalue weighted by Gasteiger charge is 2.28. The Hall–Kier alpha value is 0.180. The predicted molar refractivity (Wildman–Crippen MR) is 73.0 cm³/mol. The van der Waals surface area contributed by atoms with Crippen molar-refractivity contribution in [1.82, 2.24) is 9.29 Å². The second-order valence-corrected chi connectivity index (χ2v) is 7.86. The molecule has 8 heteroatoms. The van der Waals surface area contributed by atoms with Crippen molar-refractivity contribution in [3.05, 3.63) is 21.9 Å². The van der Waals surface area contributed by atoms with Gasteiger partial charge in [0.25, 0.3) is 0 Å². The molecule has 1 fully saturated rings. The van der Waals surface area contributed by atoms with Gasteiger partial charge < -0.3 is 0 Å².